The number of nitrogens with zero attached hydrogens (tertiary/aromatic N) is 4. The Bertz CT molecular complexity index is 723. The predicted molar refractivity (Wildman–Crippen MR) is 89.8 cm³/mol. The van der Waals surface area contributed by atoms with Crippen LogP contribution in [0.25, 0.3) is 0 Å². The van der Waals surface area contributed by atoms with Crippen molar-refractivity contribution in [2.75, 3.05) is 13.1 Å². The lowest BCUT2D eigenvalue weighted by Gasteiger charge is -2.30. The molecule has 0 unspecified atom stereocenters. The molecule has 1 aliphatic heterocycles. The van der Waals surface area contributed by atoms with Gasteiger partial charge in [-0.05, 0) is 29.2 Å². The lowest BCUT2D eigenvalue weighted by atomic mass is 9.97. The molecule has 2 aromatic rings. The number of carbonyl (C=O) groups excluding carboxylic acids is 1. The number of benzene rings is 1. The van der Waals surface area contributed by atoms with Crippen molar-refractivity contribution in [1.29, 1.82) is 0 Å². The molecule has 1 aliphatic rings. The van der Waals surface area contributed by atoms with Crippen LogP contribution < -0.4 is 0 Å². The number of amides is 1. The maximum atomic E-state index is 12.1. The van der Waals surface area contributed by atoms with Crippen LogP contribution >= 0.6 is 0 Å². The Hall–Kier alpha value is -2.90. The molecule has 0 N–H and O–H groups in total. The third kappa shape index (κ3) is 4.56. The van der Waals surface area contributed by atoms with E-state index in [1.165, 1.54) is 6.07 Å². The van der Waals surface area contributed by atoms with Gasteiger partial charge in [0.1, 0.15) is 6.61 Å². The van der Waals surface area contributed by atoms with Gasteiger partial charge in [-0.15, -0.1) is 0 Å². The maximum absolute atomic E-state index is 12.1. The molecule has 0 saturated carbocycles. The van der Waals surface area contributed by atoms with Crippen molar-refractivity contribution < 1.29 is 14.5 Å². The summed E-state index contributed by atoms with van der Waals surface area (Å²) in [6, 6.07) is 11.0. The SMILES string of the molecule is O=C(OCc1ccccc1)N1CCC(Cn2ccc([N+](=O)[O-])n2)CC1. The third-order valence-corrected chi connectivity index (χ3v) is 4.34. The monoisotopic (exact) mass is 344 g/mol. The zero-order chi connectivity index (χ0) is 17.6. The minimum absolute atomic E-state index is 0.137. The van der Waals surface area contributed by atoms with E-state index in [1.807, 2.05) is 30.3 Å². The molecule has 0 bridgehead atoms. The second kappa shape index (κ2) is 7.78. The molecule has 132 valence electrons. The van der Waals surface area contributed by atoms with E-state index in [1.54, 1.807) is 15.8 Å². The van der Waals surface area contributed by atoms with E-state index in [9.17, 15) is 14.9 Å². The van der Waals surface area contributed by atoms with E-state index >= 15 is 0 Å². The highest BCUT2D eigenvalue weighted by Gasteiger charge is 2.25. The first-order chi connectivity index (χ1) is 12.1. The van der Waals surface area contributed by atoms with Crippen molar-refractivity contribution in [3.8, 4) is 0 Å². The number of hydrogen-bond donors (Lipinski definition) is 0. The third-order valence-electron chi connectivity index (χ3n) is 4.34. The van der Waals surface area contributed by atoms with Crippen LogP contribution in [0.1, 0.15) is 18.4 Å². The van der Waals surface area contributed by atoms with Crippen molar-refractivity contribution in [2.45, 2.75) is 26.0 Å². The van der Waals surface area contributed by atoms with Crippen LogP contribution in [-0.4, -0.2) is 38.8 Å². The van der Waals surface area contributed by atoms with E-state index in [0.717, 1.165) is 18.4 Å². The molecule has 2 heterocycles. The number of aromatic nitrogens is 2. The number of hydrogen-bond acceptors (Lipinski definition) is 5. The molecule has 0 spiro atoms. The van der Waals surface area contributed by atoms with Gasteiger partial charge >= 0.3 is 11.9 Å². The van der Waals surface area contributed by atoms with Gasteiger partial charge in [0.15, 0.2) is 0 Å². The number of nitro groups is 1. The number of piperidine rings is 1. The summed E-state index contributed by atoms with van der Waals surface area (Å²) in [6.07, 6.45) is 2.98. The molecular weight excluding hydrogens is 324 g/mol. The Balaban J connectivity index is 1.43. The molecule has 1 aromatic carbocycles. The fraction of sp³-hybridized carbons (Fsp3) is 0.412. The van der Waals surface area contributed by atoms with Crippen molar-refractivity contribution in [3.63, 3.8) is 0 Å². The van der Waals surface area contributed by atoms with Gasteiger partial charge in [0.2, 0.25) is 0 Å². The van der Waals surface area contributed by atoms with Gasteiger partial charge < -0.3 is 19.8 Å². The molecule has 0 atom stereocenters. The first-order valence-corrected chi connectivity index (χ1v) is 8.25. The molecule has 8 nitrogen and oxygen atoms in total. The summed E-state index contributed by atoms with van der Waals surface area (Å²) >= 11 is 0. The zero-order valence-electron chi connectivity index (χ0n) is 13.8. The quantitative estimate of drug-likeness (QED) is 0.614. The van der Waals surface area contributed by atoms with E-state index in [-0.39, 0.29) is 18.5 Å². The summed E-state index contributed by atoms with van der Waals surface area (Å²) in [5.74, 6) is 0.208. The molecule has 0 radical (unpaired) electrons. The Morgan fingerprint density at radius 3 is 2.60 bits per heavy atom. The summed E-state index contributed by atoms with van der Waals surface area (Å²) in [7, 11) is 0. The highest BCUT2D eigenvalue weighted by atomic mass is 16.6. The molecule has 1 saturated heterocycles. The van der Waals surface area contributed by atoms with E-state index in [2.05, 4.69) is 5.10 Å². The Labute approximate surface area is 145 Å². The van der Waals surface area contributed by atoms with Crippen LogP contribution in [0.5, 0.6) is 0 Å². The molecule has 3 rings (SSSR count). The summed E-state index contributed by atoms with van der Waals surface area (Å²) in [6.45, 7) is 2.15. The minimum atomic E-state index is -0.498. The van der Waals surface area contributed by atoms with Gasteiger partial charge in [0.05, 0.1) is 23.9 Å². The largest absolute Gasteiger partial charge is 0.445 e. The summed E-state index contributed by atoms with van der Waals surface area (Å²) in [5, 5.41) is 14.6. The van der Waals surface area contributed by atoms with Gasteiger partial charge in [0, 0.05) is 13.1 Å². The molecule has 1 fully saturated rings. The number of likely N-dealkylation sites (tertiary alicyclic amines) is 1. The number of rotatable bonds is 5. The summed E-state index contributed by atoms with van der Waals surface area (Å²) < 4.78 is 6.95. The second-order valence-corrected chi connectivity index (χ2v) is 6.12. The first kappa shape index (κ1) is 16.9. The maximum Gasteiger partial charge on any atom is 0.410 e. The van der Waals surface area contributed by atoms with Gasteiger partial charge in [-0.1, -0.05) is 30.3 Å². The van der Waals surface area contributed by atoms with Gasteiger partial charge in [-0.2, -0.15) is 4.68 Å². The lowest BCUT2D eigenvalue weighted by molar-refractivity contribution is -0.389. The molecule has 0 aliphatic carbocycles. The Morgan fingerprint density at radius 2 is 1.96 bits per heavy atom. The van der Waals surface area contributed by atoms with Gasteiger partial charge in [0.25, 0.3) is 0 Å². The Kier molecular flexibility index (Phi) is 5.27. The summed E-state index contributed by atoms with van der Waals surface area (Å²) in [5.41, 5.74) is 0.964. The summed E-state index contributed by atoms with van der Waals surface area (Å²) in [4.78, 5) is 24.0. The molecular formula is C17H20N4O4. The Morgan fingerprint density at radius 1 is 1.24 bits per heavy atom. The van der Waals surface area contributed by atoms with Crippen LogP contribution in [0.15, 0.2) is 42.6 Å². The standard InChI is InChI=1S/C17H20N4O4/c22-17(25-13-15-4-2-1-3-5-15)19-9-6-14(7-10-19)12-20-11-8-16(18-20)21(23)24/h1-5,8,11,14H,6-7,9-10,12-13H2. The fourth-order valence-corrected chi connectivity index (χ4v) is 2.92. The highest BCUT2D eigenvalue weighted by Crippen LogP contribution is 2.20. The van der Waals surface area contributed by atoms with Crippen molar-refractivity contribution >= 4 is 11.9 Å². The van der Waals surface area contributed by atoms with Crippen LogP contribution in [0, 0.1) is 16.0 Å². The zero-order valence-corrected chi connectivity index (χ0v) is 13.8. The van der Waals surface area contributed by atoms with Crippen molar-refractivity contribution in [2.24, 2.45) is 5.92 Å². The van der Waals surface area contributed by atoms with Crippen molar-refractivity contribution in [3.05, 3.63) is 58.3 Å². The predicted octanol–water partition coefficient (Wildman–Crippen LogP) is 2.84. The van der Waals surface area contributed by atoms with Crippen LogP contribution in [0.3, 0.4) is 0 Å². The molecule has 8 heteroatoms. The molecule has 1 amide bonds. The molecule has 25 heavy (non-hydrogen) atoms. The lowest BCUT2D eigenvalue weighted by Crippen LogP contribution is -2.39. The first-order valence-electron chi connectivity index (χ1n) is 8.25. The smallest absolute Gasteiger partial charge is 0.410 e. The van der Waals surface area contributed by atoms with E-state index in [4.69, 9.17) is 4.74 Å². The van der Waals surface area contributed by atoms with Crippen LogP contribution in [0.2, 0.25) is 0 Å². The minimum Gasteiger partial charge on any atom is -0.445 e. The highest BCUT2D eigenvalue weighted by molar-refractivity contribution is 5.67. The van der Waals surface area contributed by atoms with Crippen LogP contribution in [-0.2, 0) is 17.9 Å². The number of carbonyl (C=O) groups is 1. The van der Waals surface area contributed by atoms with Crippen LogP contribution in [0.4, 0.5) is 10.6 Å². The normalized spacial score (nSPS) is 15.1. The van der Waals surface area contributed by atoms with E-state index in [0.29, 0.717) is 25.6 Å². The van der Waals surface area contributed by atoms with Gasteiger partial charge in [-0.3, -0.25) is 0 Å². The average Bonchev–Trinajstić information content (AvgIpc) is 3.10. The average molecular weight is 344 g/mol. The van der Waals surface area contributed by atoms with Gasteiger partial charge in [-0.25, -0.2) is 4.79 Å². The van der Waals surface area contributed by atoms with E-state index < -0.39 is 4.92 Å². The number of ether oxygens (including phenoxy) is 1. The second-order valence-electron chi connectivity index (χ2n) is 6.12. The van der Waals surface area contributed by atoms with Crippen molar-refractivity contribution in [1.82, 2.24) is 14.7 Å². The topological polar surface area (TPSA) is 90.5 Å². The molecule has 1 aromatic heterocycles. The fourth-order valence-electron chi connectivity index (χ4n) is 2.92.